The molecule has 0 radical (unpaired) electrons. The van der Waals surface area contributed by atoms with Crippen LogP contribution in [0.25, 0.3) is 0 Å². The van der Waals surface area contributed by atoms with Gasteiger partial charge in [-0.25, -0.2) is 0 Å². The second-order valence-corrected chi connectivity index (χ2v) is 5.41. The number of ether oxygens (including phenoxy) is 2. The van der Waals surface area contributed by atoms with Gasteiger partial charge in [-0.05, 0) is 29.7 Å². The van der Waals surface area contributed by atoms with Crippen molar-refractivity contribution in [2.75, 3.05) is 7.11 Å². The number of hydrogen-bond donors (Lipinski definition) is 1. The average molecular weight is 342 g/mol. The molecule has 0 aliphatic rings. The van der Waals surface area contributed by atoms with Gasteiger partial charge in [0, 0.05) is 18.9 Å². The standard InChI is InChI=1S/C19H21NO5/c1-24-17-11-15(12-20-18(21)9-10-19(22)23)7-8-16(17)25-13-14-5-3-2-4-6-14/h2-8,11H,9-10,12-13H2,1H3,(H,20,21)(H,22,23)/p-1. The fourth-order valence-electron chi connectivity index (χ4n) is 2.18. The van der Waals surface area contributed by atoms with E-state index in [-0.39, 0.29) is 25.3 Å². The van der Waals surface area contributed by atoms with Gasteiger partial charge in [-0.3, -0.25) is 4.79 Å². The monoisotopic (exact) mass is 342 g/mol. The zero-order valence-corrected chi connectivity index (χ0v) is 14.0. The number of amides is 1. The molecule has 2 aromatic rings. The summed E-state index contributed by atoms with van der Waals surface area (Å²) in [4.78, 5) is 21.9. The normalized spacial score (nSPS) is 10.1. The van der Waals surface area contributed by atoms with Crippen LogP contribution in [-0.4, -0.2) is 19.0 Å². The average Bonchev–Trinajstić information content (AvgIpc) is 2.64. The number of carbonyl (C=O) groups excluding carboxylic acids is 2. The van der Waals surface area contributed by atoms with Crippen LogP contribution in [0.1, 0.15) is 24.0 Å². The van der Waals surface area contributed by atoms with Gasteiger partial charge >= 0.3 is 0 Å². The maximum Gasteiger partial charge on any atom is 0.220 e. The van der Waals surface area contributed by atoms with Crippen LogP contribution in [0.4, 0.5) is 0 Å². The Morgan fingerprint density at radius 3 is 2.44 bits per heavy atom. The first-order valence-corrected chi connectivity index (χ1v) is 7.88. The van der Waals surface area contributed by atoms with E-state index in [1.165, 1.54) is 0 Å². The van der Waals surface area contributed by atoms with Gasteiger partial charge in [-0.2, -0.15) is 0 Å². The molecule has 0 saturated heterocycles. The lowest BCUT2D eigenvalue weighted by Gasteiger charge is -2.13. The second kappa shape index (κ2) is 9.32. The lowest BCUT2D eigenvalue weighted by atomic mass is 10.2. The number of carboxylic acid groups (broad SMARTS) is 1. The number of carbonyl (C=O) groups is 2. The first kappa shape index (κ1) is 18.3. The predicted molar refractivity (Wildman–Crippen MR) is 89.9 cm³/mol. The number of carboxylic acids is 1. The molecule has 6 nitrogen and oxygen atoms in total. The van der Waals surface area contributed by atoms with E-state index in [0.717, 1.165) is 11.1 Å². The molecule has 0 unspecified atom stereocenters. The van der Waals surface area contributed by atoms with Crippen LogP contribution in [0, 0.1) is 0 Å². The minimum atomic E-state index is -1.24. The number of hydrogen-bond acceptors (Lipinski definition) is 5. The van der Waals surface area contributed by atoms with Gasteiger partial charge in [0.25, 0.3) is 0 Å². The zero-order chi connectivity index (χ0) is 18.1. The van der Waals surface area contributed by atoms with Crippen LogP contribution >= 0.6 is 0 Å². The van der Waals surface area contributed by atoms with Crippen molar-refractivity contribution in [3.05, 3.63) is 59.7 Å². The Bertz CT molecular complexity index is 715. The number of aliphatic carboxylic acids is 1. The number of rotatable bonds is 9. The molecular weight excluding hydrogens is 322 g/mol. The second-order valence-electron chi connectivity index (χ2n) is 5.41. The molecule has 0 spiro atoms. The summed E-state index contributed by atoms with van der Waals surface area (Å²) in [6.07, 6.45) is -0.390. The van der Waals surface area contributed by atoms with Crippen LogP contribution in [0.5, 0.6) is 11.5 Å². The molecule has 0 aromatic heterocycles. The Balaban J connectivity index is 1.91. The van der Waals surface area contributed by atoms with Crippen molar-refractivity contribution in [2.45, 2.75) is 26.0 Å². The van der Waals surface area contributed by atoms with Gasteiger partial charge < -0.3 is 24.7 Å². The zero-order valence-electron chi connectivity index (χ0n) is 14.0. The van der Waals surface area contributed by atoms with Crippen molar-refractivity contribution in [1.82, 2.24) is 5.32 Å². The Morgan fingerprint density at radius 1 is 1.00 bits per heavy atom. The highest BCUT2D eigenvalue weighted by atomic mass is 16.5. The lowest BCUT2D eigenvalue weighted by molar-refractivity contribution is -0.305. The number of nitrogens with one attached hydrogen (secondary N) is 1. The van der Waals surface area contributed by atoms with Gasteiger partial charge in [0.2, 0.25) is 5.91 Å². The summed E-state index contributed by atoms with van der Waals surface area (Å²) in [5.74, 6) is -0.403. The van der Waals surface area contributed by atoms with Gasteiger partial charge in [-0.1, -0.05) is 36.4 Å². The highest BCUT2D eigenvalue weighted by molar-refractivity contribution is 5.79. The molecule has 1 amide bonds. The molecule has 0 bridgehead atoms. The summed E-state index contributed by atoms with van der Waals surface area (Å²) in [5.41, 5.74) is 1.87. The van der Waals surface area contributed by atoms with Gasteiger partial charge in [-0.15, -0.1) is 0 Å². The Kier molecular flexibility index (Phi) is 6.83. The smallest absolute Gasteiger partial charge is 0.220 e. The van der Waals surface area contributed by atoms with E-state index in [0.29, 0.717) is 18.1 Å². The van der Waals surface area contributed by atoms with Crippen LogP contribution in [-0.2, 0) is 22.7 Å². The first-order chi connectivity index (χ1) is 12.1. The van der Waals surface area contributed by atoms with E-state index in [4.69, 9.17) is 9.47 Å². The summed E-state index contributed by atoms with van der Waals surface area (Å²) in [5, 5.41) is 13.0. The summed E-state index contributed by atoms with van der Waals surface area (Å²) < 4.78 is 11.1. The fourth-order valence-corrected chi connectivity index (χ4v) is 2.18. The Labute approximate surface area is 146 Å². The molecule has 0 saturated carbocycles. The summed E-state index contributed by atoms with van der Waals surface area (Å²) in [6.45, 7) is 0.706. The maximum atomic E-state index is 11.5. The summed E-state index contributed by atoms with van der Waals surface area (Å²) in [7, 11) is 1.55. The summed E-state index contributed by atoms with van der Waals surface area (Å²) >= 11 is 0. The topological polar surface area (TPSA) is 87.7 Å². The van der Waals surface area contributed by atoms with Crippen LogP contribution in [0.2, 0.25) is 0 Å². The largest absolute Gasteiger partial charge is 0.550 e. The highest BCUT2D eigenvalue weighted by Crippen LogP contribution is 2.28. The molecule has 2 rings (SSSR count). The third-order valence-electron chi connectivity index (χ3n) is 3.51. The van der Waals surface area contributed by atoms with Crippen molar-refractivity contribution in [3.8, 4) is 11.5 Å². The van der Waals surface area contributed by atoms with E-state index >= 15 is 0 Å². The molecular formula is C19H20NO5-. The minimum Gasteiger partial charge on any atom is -0.550 e. The molecule has 0 heterocycles. The molecule has 0 atom stereocenters. The molecule has 0 fully saturated rings. The van der Waals surface area contributed by atoms with Crippen LogP contribution in [0.3, 0.4) is 0 Å². The van der Waals surface area contributed by atoms with E-state index in [2.05, 4.69) is 5.32 Å². The maximum absolute atomic E-state index is 11.5. The van der Waals surface area contributed by atoms with Crippen molar-refractivity contribution in [2.24, 2.45) is 0 Å². The van der Waals surface area contributed by atoms with Crippen molar-refractivity contribution < 1.29 is 24.2 Å². The van der Waals surface area contributed by atoms with Crippen molar-refractivity contribution in [3.63, 3.8) is 0 Å². The Hall–Kier alpha value is -3.02. The number of benzene rings is 2. The molecule has 2 aromatic carbocycles. The third-order valence-corrected chi connectivity index (χ3v) is 3.51. The fraction of sp³-hybridized carbons (Fsp3) is 0.263. The predicted octanol–water partition coefficient (Wildman–Crippen LogP) is 1.42. The lowest BCUT2D eigenvalue weighted by Crippen LogP contribution is -2.27. The molecule has 25 heavy (non-hydrogen) atoms. The van der Waals surface area contributed by atoms with E-state index in [1.54, 1.807) is 19.2 Å². The number of methoxy groups -OCH3 is 1. The SMILES string of the molecule is COc1cc(CNC(=O)CCC(=O)[O-])ccc1OCc1ccccc1. The first-order valence-electron chi connectivity index (χ1n) is 7.88. The van der Waals surface area contributed by atoms with Gasteiger partial charge in [0.05, 0.1) is 7.11 Å². The van der Waals surface area contributed by atoms with Gasteiger partial charge in [0.1, 0.15) is 6.61 Å². The van der Waals surface area contributed by atoms with Crippen LogP contribution < -0.4 is 19.9 Å². The molecule has 6 heteroatoms. The minimum absolute atomic E-state index is 0.0995. The third kappa shape index (κ3) is 6.18. The van der Waals surface area contributed by atoms with Crippen molar-refractivity contribution >= 4 is 11.9 Å². The molecule has 0 aliphatic carbocycles. The van der Waals surface area contributed by atoms with Crippen LogP contribution in [0.15, 0.2) is 48.5 Å². The molecule has 132 valence electrons. The van der Waals surface area contributed by atoms with E-state index in [9.17, 15) is 14.7 Å². The molecule has 0 aliphatic heterocycles. The van der Waals surface area contributed by atoms with E-state index in [1.807, 2.05) is 36.4 Å². The van der Waals surface area contributed by atoms with Crippen molar-refractivity contribution in [1.29, 1.82) is 0 Å². The van der Waals surface area contributed by atoms with Gasteiger partial charge in [0.15, 0.2) is 11.5 Å². The Morgan fingerprint density at radius 2 is 1.76 bits per heavy atom. The van der Waals surface area contributed by atoms with E-state index < -0.39 is 5.97 Å². The quantitative estimate of drug-likeness (QED) is 0.745. The summed E-state index contributed by atoms with van der Waals surface area (Å²) in [6, 6.07) is 15.2. The highest BCUT2D eigenvalue weighted by Gasteiger charge is 2.08. The molecule has 1 N–H and O–H groups in total.